The summed E-state index contributed by atoms with van der Waals surface area (Å²) in [6.07, 6.45) is 1.10. The van der Waals surface area contributed by atoms with Crippen LogP contribution in [0.4, 0.5) is 5.69 Å². The van der Waals surface area contributed by atoms with Crippen LogP contribution in [0.25, 0.3) is 0 Å². The lowest BCUT2D eigenvalue weighted by Crippen LogP contribution is -2.27. The highest BCUT2D eigenvalue weighted by Gasteiger charge is 2.23. The Morgan fingerprint density at radius 2 is 1.81 bits per heavy atom. The number of amides is 1. The van der Waals surface area contributed by atoms with E-state index in [0.717, 1.165) is 11.3 Å². The van der Waals surface area contributed by atoms with E-state index < -0.39 is 5.97 Å². The van der Waals surface area contributed by atoms with Gasteiger partial charge in [-0.25, -0.2) is 0 Å². The zero-order valence-corrected chi connectivity index (χ0v) is 12.2. The molecule has 110 valence electrons. The fourth-order valence-electron chi connectivity index (χ4n) is 2.11. The van der Waals surface area contributed by atoms with Crippen LogP contribution < -0.4 is 4.90 Å². The highest BCUT2D eigenvalue weighted by Crippen LogP contribution is 2.22. The largest absolute Gasteiger partial charge is 0.481 e. The molecule has 0 aliphatic rings. The van der Waals surface area contributed by atoms with Gasteiger partial charge >= 0.3 is 5.97 Å². The van der Waals surface area contributed by atoms with Gasteiger partial charge in [-0.05, 0) is 26.0 Å². The van der Waals surface area contributed by atoms with Gasteiger partial charge < -0.3 is 14.4 Å². The predicted octanol–water partition coefficient (Wildman–Crippen LogP) is 2.80. The Morgan fingerprint density at radius 3 is 2.38 bits per heavy atom. The van der Waals surface area contributed by atoms with Crippen LogP contribution in [-0.4, -0.2) is 24.0 Å². The zero-order valence-electron chi connectivity index (χ0n) is 12.2. The van der Waals surface area contributed by atoms with Crippen LogP contribution in [0.3, 0.4) is 0 Å². The number of nitrogens with zero attached hydrogens (tertiary/aromatic N) is 1. The number of aryl methyl sites for hydroxylation is 2. The maximum absolute atomic E-state index is 12.6. The molecule has 1 aromatic carbocycles. The van der Waals surface area contributed by atoms with Crippen LogP contribution in [0.2, 0.25) is 0 Å². The Morgan fingerprint density at radius 1 is 1.19 bits per heavy atom. The summed E-state index contributed by atoms with van der Waals surface area (Å²) in [7, 11) is 1.66. The van der Waals surface area contributed by atoms with E-state index in [0.29, 0.717) is 11.1 Å². The molecule has 1 aromatic heterocycles. The summed E-state index contributed by atoms with van der Waals surface area (Å²) in [6, 6.07) is 7.53. The number of benzene rings is 1. The van der Waals surface area contributed by atoms with Gasteiger partial charge in [-0.15, -0.1) is 0 Å². The van der Waals surface area contributed by atoms with Gasteiger partial charge in [-0.2, -0.15) is 0 Å². The van der Waals surface area contributed by atoms with Crippen molar-refractivity contribution in [1.29, 1.82) is 0 Å². The average molecular weight is 287 g/mol. The van der Waals surface area contributed by atoms with E-state index in [9.17, 15) is 9.59 Å². The minimum atomic E-state index is -1.03. The van der Waals surface area contributed by atoms with E-state index in [1.807, 2.05) is 31.2 Å². The minimum absolute atomic E-state index is 0.184. The van der Waals surface area contributed by atoms with E-state index in [1.165, 1.54) is 11.2 Å². The molecule has 5 heteroatoms. The van der Waals surface area contributed by atoms with Gasteiger partial charge in [-0.1, -0.05) is 17.7 Å². The number of hydrogen-bond acceptors (Lipinski definition) is 3. The molecule has 0 fully saturated rings. The quantitative estimate of drug-likeness (QED) is 0.938. The first kappa shape index (κ1) is 14.8. The number of hydrogen-bond donors (Lipinski definition) is 1. The monoisotopic (exact) mass is 287 g/mol. The fourth-order valence-corrected chi connectivity index (χ4v) is 2.11. The SMILES string of the molecule is Cc1ccc(N(C)C(=O)c2c(C)coc2CC(=O)O)cc1. The molecule has 1 N–H and O–H groups in total. The van der Waals surface area contributed by atoms with Crippen molar-refractivity contribution >= 4 is 17.6 Å². The summed E-state index contributed by atoms with van der Waals surface area (Å²) >= 11 is 0. The van der Waals surface area contributed by atoms with Crippen LogP contribution in [0.15, 0.2) is 34.9 Å². The molecule has 1 heterocycles. The molecule has 1 amide bonds. The molecular formula is C16H17NO4. The number of rotatable bonds is 4. The summed E-state index contributed by atoms with van der Waals surface area (Å²) in [5.74, 6) is -1.12. The maximum Gasteiger partial charge on any atom is 0.311 e. The third-order valence-electron chi connectivity index (χ3n) is 3.30. The third-order valence-corrected chi connectivity index (χ3v) is 3.30. The standard InChI is InChI=1S/C16H17NO4/c1-10-4-6-12(7-5-10)17(3)16(20)15-11(2)9-21-13(15)8-14(18)19/h4-7,9H,8H2,1-3H3,(H,18,19). The Bertz CT molecular complexity index is 670. The lowest BCUT2D eigenvalue weighted by molar-refractivity contribution is -0.136. The third kappa shape index (κ3) is 3.13. The number of carboxylic acids is 1. The molecule has 2 rings (SSSR count). The molecule has 0 aliphatic heterocycles. The van der Waals surface area contributed by atoms with E-state index in [2.05, 4.69) is 0 Å². The van der Waals surface area contributed by atoms with Gasteiger partial charge in [0.05, 0.1) is 11.8 Å². The van der Waals surface area contributed by atoms with Crippen LogP contribution in [0.5, 0.6) is 0 Å². The summed E-state index contributed by atoms with van der Waals surface area (Å²) in [6.45, 7) is 3.70. The lowest BCUT2D eigenvalue weighted by atomic mass is 10.1. The van der Waals surface area contributed by atoms with Gasteiger partial charge in [-0.3, -0.25) is 9.59 Å². The predicted molar refractivity (Wildman–Crippen MR) is 78.7 cm³/mol. The van der Waals surface area contributed by atoms with Gasteiger partial charge in [0, 0.05) is 18.3 Å². The molecular weight excluding hydrogens is 270 g/mol. The minimum Gasteiger partial charge on any atom is -0.481 e. The van der Waals surface area contributed by atoms with Crippen LogP contribution in [0, 0.1) is 13.8 Å². The Hall–Kier alpha value is -2.56. The van der Waals surface area contributed by atoms with Crippen LogP contribution in [0.1, 0.15) is 27.2 Å². The zero-order chi connectivity index (χ0) is 15.6. The van der Waals surface area contributed by atoms with Gasteiger partial charge in [0.1, 0.15) is 12.2 Å². The average Bonchev–Trinajstić information content (AvgIpc) is 2.78. The number of furan rings is 1. The number of anilines is 1. The first-order valence-electron chi connectivity index (χ1n) is 6.53. The molecule has 0 saturated carbocycles. The smallest absolute Gasteiger partial charge is 0.311 e. The number of carboxylic acid groups (broad SMARTS) is 1. The second-order valence-corrected chi connectivity index (χ2v) is 4.99. The first-order valence-corrected chi connectivity index (χ1v) is 6.53. The molecule has 0 spiro atoms. The fraction of sp³-hybridized carbons (Fsp3) is 0.250. The Labute approximate surface area is 122 Å². The van der Waals surface area contributed by atoms with Crippen molar-refractivity contribution in [3.63, 3.8) is 0 Å². The normalized spacial score (nSPS) is 10.4. The second kappa shape index (κ2) is 5.83. The molecule has 0 saturated heterocycles. The second-order valence-electron chi connectivity index (χ2n) is 4.99. The molecule has 0 unspecified atom stereocenters. The molecule has 21 heavy (non-hydrogen) atoms. The topological polar surface area (TPSA) is 70.8 Å². The van der Waals surface area contributed by atoms with Crippen molar-refractivity contribution in [3.05, 3.63) is 53.0 Å². The number of aliphatic carboxylic acids is 1. The van der Waals surface area contributed by atoms with Crippen molar-refractivity contribution in [1.82, 2.24) is 0 Å². The summed E-state index contributed by atoms with van der Waals surface area (Å²) < 4.78 is 5.20. The van der Waals surface area contributed by atoms with Crippen molar-refractivity contribution in [2.75, 3.05) is 11.9 Å². The first-order chi connectivity index (χ1) is 9.90. The molecule has 0 atom stereocenters. The molecule has 5 nitrogen and oxygen atoms in total. The summed E-state index contributed by atoms with van der Waals surface area (Å²) in [5, 5.41) is 8.88. The maximum atomic E-state index is 12.6. The molecule has 0 bridgehead atoms. The molecule has 2 aromatic rings. The van der Waals surface area contributed by atoms with Crippen molar-refractivity contribution in [2.45, 2.75) is 20.3 Å². The van der Waals surface area contributed by atoms with Crippen molar-refractivity contribution < 1.29 is 19.1 Å². The van der Waals surface area contributed by atoms with Crippen molar-refractivity contribution in [2.24, 2.45) is 0 Å². The van der Waals surface area contributed by atoms with E-state index >= 15 is 0 Å². The summed E-state index contributed by atoms with van der Waals surface area (Å²) in [5.41, 5.74) is 2.80. The van der Waals surface area contributed by atoms with Crippen LogP contribution in [-0.2, 0) is 11.2 Å². The van der Waals surface area contributed by atoms with Crippen molar-refractivity contribution in [3.8, 4) is 0 Å². The van der Waals surface area contributed by atoms with Gasteiger partial charge in [0.25, 0.3) is 5.91 Å². The highest BCUT2D eigenvalue weighted by molar-refractivity contribution is 6.07. The molecule has 0 radical (unpaired) electrons. The summed E-state index contributed by atoms with van der Waals surface area (Å²) in [4.78, 5) is 24.9. The van der Waals surface area contributed by atoms with Crippen LogP contribution >= 0.6 is 0 Å². The lowest BCUT2D eigenvalue weighted by Gasteiger charge is -2.18. The highest BCUT2D eigenvalue weighted by atomic mass is 16.4. The van der Waals surface area contributed by atoms with E-state index in [1.54, 1.807) is 14.0 Å². The number of carbonyl (C=O) groups is 2. The number of carbonyl (C=O) groups excluding carboxylic acids is 1. The van der Waals surface area contributed by atoms with E-state index in [4.69, 9.17) is 9.52 Å². The molecule has 0 aliphatic carbocycles. The Balaban J connectivity index is 2.33. The van der Waals surface area contributed by atoms with Gasteiger partial charge in [0.2, 0.25) is 0 Å². The van der Waals surface area contributed by atoms with Gasteiger partial charge in [0.15, 0.2) is 0 Å². The Kier molecular flexibility index (Phi) is 4.12. The van der Waals surface area contributed by atoms with E-state index in [-0.39, 0.29) is 18.1 Å².